The molecular formula is C19H18ClN3O2. The van der Waals surface area contributed by atoms with Crippen molar-refractivity contribution < 1.29 is 9.53 Å². The lowest BCUT2D eigenvalue weighted by molar-refractivity contribution is 0.0527. The van der Waals surface area contributed by atoms with E-state index < -0.39 is 5.97 Å². The standard InChI is InChI=1S/C19H18ClN3O2/c1-4-25-19(24)15-10-21-18-14(7-5-12(3)22-18)17(15)23-16-8-6-13(20)9-11(16)2/h5-10H,4H2,1-3H3,(H,21,22,23). The number of carbonyl (C=O) groups is 1. The molecule has 1 aromatic carbocycles. The zero-order valence-electron chi connectivity index (χ0n) is 14.3. The summed E-state index contributed by atoms with van der Waals surface area (Å²) in [6.07, 6.45) is 1.50. The van der Waals surface area contributed by atoms with Crippen LogP contribution in [0.15, 0.2) is 36.5 Å². The van der Waals surface area contributed by atoms with Gasteiger partial charge in [-0.3, -0.25) is 0 Å². The van der Waals surface area contributed by atoms with Gasteiger partial charge in [-0.25, -0.2) is 14.8 Å². The van der Waals surface area contributed by atoms with Gasteiger partial charge in [-0.2, -0.15) is 0 Å². The second kappa shape index (κ2) is 7.07. The molecule has 0 saturated carbocycles. The molecule has 128 valence electrons. The Morgan fingerprint density at radius 3 is 2.76 bits per heavy atom. The molecule has 0 aliphatic carbocycles. The van der Waals surface area contributed by atoms with Gasteiger partial charge < -0.3 is 10.1 Å². The highest BCUT2D eigenvalue weighted by Gasteiger charge is 2.18. The van der Waals surface area contributed by atoms with Crippen LogP contribution >= 0.6 is 11.6 Å². The second-order valence-electron chi connectivity index (χ2n) is 5.68. The van der Waals surface area contributed by atoms with Crippen LogP contribution in [-0.2, 0) is 4.74 Å². The van der Waals surface area contributed by atoms with Crippen LogP contribution in [0.1, 0.15) is 28.5 Å². The lowest BCUT2D eigenvalue weighted by Gasteiger charge is -2.15. The molecule has 0 radical (unpaired) electrons. The predicted molar refractivity (Wildman–Crippen MR) is 99.7 cm³/mol. The van der Waals surface area contributed by atoms with Gasteiger partial charge in [-0.1, -0.05) is 11.6 Å². The third kappa shape index (κ3) is 3.56. The van der Waals surface area contributed by atoms with Crippen LogP contribution in [-0.4, -0.2) is 22.5 Å². The average Bonchev–Trinajstić information content (AvgIpc) is 2.57. The lowest BCUT2D eigenvalue weighted by Crippen LogP contribution is -2.10. The monoisotopic (exact) mass is 355 g/mol. The molecule has 3 aromatic rings. The number of nitrogens with one attached hydrogen (secondary N) is 1. The summed E-state index contributed by atoms with van der Waals surface area (Å²) in [6, 6.07) is 9.33. The lowest BCUT2D eigenvalue weighted by atomic mass is 10.1. The van der Waals surface area contributed by atoms with E-state index in [1.165, 1.54) is 6.20 Å². The van der Waals surface area contributed by atoms with E-state index in [2.05, 4.69) is 15.3 Å². The highest BCUT2D eigenvalue weighted by molar-refractivity contribution is 6.30. The van der Waals surface area contributed by atoms with Crippen molar-refractivity contribution in [2.24, 2.45) is 0 Å². The van der Waals surface area contributed by atoms with Crippen molar-refractivity contribution in [2.75, 3.05) is 11.9 Å². The minimum absolute atomic E-state index is 0.294. The van der Waals surface area contributed by atoms with E-state index in [1.54, 1.807) is 13.0 Å². The largest absolute Gasteiger partial charge is 0.462 e. The van der Waals surface area contributed by atoms with Crippen LogP contribution in [0.25, 0.3) is 11.0 Å². The third-order valence-corrected chi connectivity index (χ3v) is 4.05. The summed E-state index contributed by atoms with van der Waals surface area (Å²) in [7, 11) is 0. The fraction of sp³-hybridized carbons (Fsp3) is 0.211. The molecular weight excluding hydrogens is 338 g/mol. The molecule has 0 aliphatic rings. The number of anilines is 2. The normalized spacial score (nSPS) is 10.7. The molecule has 0 aliphatic heterocycles. The molecule has 6 heteroatoms. The van der Waals surface area contributed by atoms with Crippen molar-refractivity contribution in [3.8, 4) is 0 Å². The molecule has 0 atom stereocenters. The number of benzene rings is 1. The Morgan fingerprint density at radius 1 is 1.24 bits per heavy atom. The number of hydrogen-bond acceptors (Lipinski definition) is 5. The molecule has 0 fully saturated rings. The van der Waals surface area contributed by atoms with Crippen LogP contribution in [0.5, 0.6) is 0 Å². The molecule has 1 N–H and O–H groups in total. The summed E-state index contributed by atoms with van der Waals surface area (Å²) in [5.41, 5.74) is 4.24. The number of halogens is 1. The number of aromatic nitrogens is 2. The zero-order chi connectivity index (χ0) is 18.0. The smallest absolute Gasteiger partial charge is 0.341 e. The van der Waals surface area contributed by atoms with E-state index in [0.717, 1.165) is 22.3 Å². The van der Waals surface area contributed by atoms with Gasteiger partial charge in [0.05, 0.1) is 12.3 Å². The van der Waals surface area contributed by atoms with E-state index >= 15 is 0 Å². The first kappa shape index (κ1) is 17.2. The molecule has 25 heavy (non-hydrogen) atoms. The van der Waals surface area contributed by atoms with E-state index in [-0.39, 0.29) is 0 Å². The van der Waals surface area contributed by atoms with E-state index in [1.807, 2.05) is 38.1 Å². The van der Waals surface area contributed by atoms with Crippen LogP contribution in [0.4, 0.5) is 11.4 Å². The number of pyridine rings is 2. The fourth-order valence-corrected chi connectivity index (χ4v) is 2.80. The molecule has 0 saturated heterocycles. The summed E-state index contributed by atoms with van der Waals surface area (Å²) in [6.45, 7) is 5.91. The summed E-state index contributed by atoms with van der Waals surface area (Å²) >= 11 is 6.03. The first-order valence-corrected chi connectivity index (χ1v) is 8.34. The van der Waals surface area contributed by atoms with Crippen molar-refractivity contribution >= 4 is 40.0 Å². The Kier molecular flexibility index (Phi) is 4.86. The van der Waals surface area contributed by atoms with Crippen molar-refractivity contribution in [3.63, 3.8) is 0 Å². The highest BCUT2D eigenvalue weighted by atomic mass is 35.5. The first-order chi connectivity index (χ1) is 12.0. The van der Waals surface area contributed by atoms with Crippen LogP contribution in [0.2, 0.25) is 5.02 Å². The molecule has 5 nitrogen and oxygen atoms in total. The van der Waals surface area contributed by atoms with Crippen molar-refractivity contribution in [1.82, 2.24) is 9.97 Å². The Bertz CT molecular complexity index is 957. The summed E-state index contributed by atoms with van der Waals surface area (Å²) in [5.74, 6) is -0.424. The number of rotatable bonds is 4. The Balaban J connectivity index is 2.17. The van der Waals surface area contributed by atoms with Crippen molar-refractivity contribution in [1.29, 1.82) is 0 Å². The number of hydrogen-bond donors (Lipinski definition) is 1. The predicted octanol–water partition coefficient (Wildman–Crippen LogP) is 4.82. The van der Waals surface area contributed by atoms with Gasteiger partial charge in [-0.05, 0) is 56.7 Å². The molecule has 0 spiro atoms. The Hall–Kier alpha value is -2.66. The number of nitrogens with zero attached hydrogens (tertiary/aromatic N) is 2. The number of aryl methyl sites for hydroxylation is 2. The second-order valence-corrected chi connectivity index (χ2v) is 6.11. The van der Waals surface area contributed by atoms with Gasteiger partial charge in [0.1, 0.15) is 5.56 Å². The zero-order valence-corrected chi connectivity index (χ0v) is 15.0. The SMILES string of the molecule is CCOC(=O)c1cnc2nc(C)ccc2c1Nc1ccc(Cl)cc1C. The number of ether oxygens (including phenoxy) is 1. The van der Waals surface area contributed by atoms with Gasteiger partial charge in [0, 0.05) is 28.0 Å². The topological polar surface area (TPSA) is 64.1 Å². The van der Waals surface area contributed by atoms with Crippen molar-refractivity contribution in [3.05, 3.63) is 58.4 Å². The number of fused-ring (bicyclic) bond motifs is 1. The maximum atomic E-state index is 12.4. The minimum atomic E-state index is -0.424. The van der Waals surface area contributed by atoms with Crippen LogP contribution in [0, 0.1) is 13.8 Å². The molecule has 0 unspecified atom stereocenters. The number of carbonyl (C=O) groups excluding carboxylic acids is 1. The number of esters is 1. The van der Waals surface area contributed by atoms with Gasteiger partial charge in [-0.15, -0.1) is 0 Å². The highest BCUT2D eigenvalue weighted by Crippen LogP contribution is 2.31. The summed E-state index contributed by atoms with van der Waals surface area (Å²) in [4.78, 5) is 21.1. The summed E-state index contributed by atoms with van der Waals surface area (Å²) < 4.78 is 5.17. The molecule has 2 heterocycles. The van der Waals surface area contributed by atoms with E-state index in [0.29, 0.717) is 28.5 Å². The third-order valence-electron chi connectivity index (χ3n) is 3.81. The minimum Gasteiger partial charge on any atom is -0.462 e. The molecule has 3 rings (SSSR count). The van der Waals surface area contributed by atoms with E-state index in [9.17, 15) is 4.79 Å². The fourth-order valence-electron chi connectivity index (χ4n) is 2.57. The Morgan fingerprint density at radius 2 is 2.04 bits per heavy atom. The first-order valence-electron chi connectivity index (χ1n) is 7.96. The molecule has 0 bridgehead atoms. The molecule has 0 amide bonds. The van der Waals surface area contributed by atoms with Gasteiger partial charge in [0.15, 0.2) is 5.65 Å². The van der Waals surface area contributed by atoms with E-state index in [4.69, 9.17) is 16.3 Å². The van der Waals surface area contributed by atoms with Gasteiger partial charge in [0.25, 0.3) is 0 Å². The average molecular weight is 356 g/mol. The van der Waals surface area contributed by atoms with Crippen molar-refractivity contribution in [2.45, 2.75) is 20.8 Å². The van der Waals surface area contributed by atoms with Crippen LogP contribution < -0.4 is 5.32 Å². The quantitative estimate of drug-likeness (QED) is 0.680. The van der Waals surface area contributed by atoms with Gasteiger partial charge >= 0.3 is 5.97 Å². The van der Waals surface area contributed by atoms with Crippen LogP contribution in [0.3, 0.4) is 0 Å². The Labute approximate surface area is 151 Å². The van der Waals surface area contributed by atoms with Gasteiger partial charge in [0.2, 0.25) is 0 Å². The summed E-state index contributed by atoms with van der Waals surface area (Å²) in [5, 5.41) is 4.74. The maximum Gasteiger partial charge on any atom is 0.341 e. The maximum absolute atomic E-state index is 12.4. The molecule has 2 aromatic heterocycles.